The molecule has 0 aliphatic carbocycles. The van der Waals surface area contributed by atoms with Crippen molar-refractivity contribution in [3.63, 3.8) is 0 Å². The van der Waals surface area contributed by atoms with E-state index in [1.165, 1.54) is 17.3 Å². The van der Waals surface area contributed by atoms with Crippen molar-refractivity contribution in [3.8, 4) is 0 Å². The Morgan fingerprint density at radius 3 is 2.68 bits per heavy atom. The molecule has 1 aliphatic rings. The van der Waals surface area contributed by atoms with Crippen LogP contribution in [-0.2, 0) is 4.79 Å². The summed E-state index contributed by atoms with van der Waals surface area (Å²) in [7, 11) is 0. The highest BCUT2D eigenvalue weighted by atomic mass is 32.2. The Hall–Kier alpha value is -2.34. The smallest absolute Gasteiger partial charge is 0.257 e. The lowest BCUT2D eigenvalue weighted by molar-refractivity contribution is -0.123. The highest BCUT2D eigenvalue weighted by Gasteiger charge is 2.32. The number of hydrogen-bond donors (Lipinski definition) is 1. The summed E-state index contributed by atoms with van der Waals surface area (Å²) in [5.41, 5.74) is 7.19. The number of carbonyl (C=O) groups excluding carboxylic acids is 2. The molecule has 2 N–H and O–H groups in total. The first-order valence-electron chi connectivity index (χ1n) is 8.36. The van der Waals surface area contributed by atoms with Gasteiger partial charge in [-0.1, -0.05) is 29.5 Å². The van der Waals surface area contributed by atoms with Crippen molar-refractivity contribution in [2.75, 3.05) is 6.54 Å². The zero-order valence-electron chi connectivity index (χ0n) is 14.1. The van der Waals surface area contributed by atoms with Gasteiger partial charge in [-0.2, -0.15) is 0 Å². The molecule has 25 heavy (non-hydrogen) atoms. The normalized spacial score (nSPS) is 17.3. The van der Waals surface area contributed by atoms with Crippen molar-refractivity contribution in [1.82, 2.24) is 9.88 Å². The zero-order chi connectivity index (χ0) is 17.8. The van der Waals surface area contributed by atoms with E-state index in [-0.39, 0.29) is 5.91 Å². The molecule has 1 aliphatic heterocycles. The van der Waals surface area contributed by atoms with E-state index in [9.17, 15) is 9.59 Å². The number of aryl methyl sites for hydroxylation is 1. The number of piperidine rings is 1. The molecule has 0 radical (unpaired) electrons. The number of aromatic nitrogens is 1. The minimum Gasteiger partial charge on any atom is -0.368 e. The van der Waals surface area contributed by atoms with Gasteiger partial charge >= 0.3 is 0 Å². The summed E-state index contributed by atoms with van der Waals surface area (Å²) in [6.07, 6.45) is 4.10. The second kappa shape index (κ2) is 7.70. The number of nitrogens with two attached hydrogens (primary N) is 1. The second-order valence-corrected chi connectivity index (χ2v) is 7.25. The van der Waals surface area contributed by atoms with Crippen LogP contribution >= 0.6 is 11.8 Å². The van der Waals surface area contributed by atoms with Crippen LogP contribution in [-0.4, -0.2) is 34.3 Å². The molecule has 2 aromatic rings. The van der Waals surface area contributed by atoms with E-state index in [1.807, 2.05) is 31.2 Å². The van der Waals surface area contributed by atoms with Gasteiger partial charge in [-0.05, 0) is 50.5 Å². The van der Waals surface area contributed by atoms with Gasteiger partial charge in [-0.15, -0.1) is 0 Å². The number of rotatable bonds is 4. The number of carbonyl (C=O) groups is 2. The van der Waals surface area contributed by atoms with Gasteiger partial charge in [0.25, 0.3) is 5.91 Å². The summed E-state index contributed by atoms with van der Waals surface area (Å²) in [6.45, 7) is 2.58. The third-order valence-corrected chi connectivity index (χ3v) is 5.36. The Balaban J connectivity index is 1.87. The largest absolute Gasteiger partial charge is 0.368 e. The fourth-order valence-corrected chi connectivity index (χ4v) is 3.85. The third kappa shape index (κ3) is 4.02. The average Bonchev–Trinajstić information content (AvgIpc) is 2.63. The van der Waals surface area contributed by atoms with E-state index in [4.69, 9.17) is 5.73 Å². The molecule has 130 valence electrons. The molecule has 3 rings (SSSR count). The zero-order valence-corrected chi connectivity index (χ0v) is 15.0. The third-order valence-electron chi connectivity index (χ3n) is 4.33. The number of pyridine rings is 1. The first-order valence-corrected chi connectivity index (χ1v) is 9.18. The van der Waals surface area contributed by atoms with Crippen molar-refractivity contribution in [2.24, 2.45) is 5.73 Å². The molecule has 5 nitrogen and oxygen atoms in total. The van der Waals surface area contributed by atoms with Crippen LogP contribution < -0.4 is 5.73 Å². The Labute approximate surface area is 151 Å². The molecule has 2 heterocycles. The van der Waals surface area contributed by atoms with Gasteiger partial charge in [-0.3, -0.25) is 9.59 Å². The molecule has 1 saturated heterocycles. The number of benzene rings is 1. The van der Waals surface area contributed by atoms with Gasteiger partial charge < -0.3 is 10.6 Å². The van der Waals surface area contributed by atoms with Crippen molar-refractivity contribution in [2.45, 2.75) is 42.1 Å². The van der Waals surface area contributed by atoms with E-state index < -0.39 is 11.9 Å². The predicted molar refractivity (Wildman–Crippen MR) is 97.4 cm³/mol. The van der Waals surface area contributed by atoms with E-state index in [1.54, 1.807) is 23.2 Å². The lowest BCUT2D eigenvalue weighted by atomic mass is 10.0. The molecule has 0 spiro atoms. The summed E-state index contributed by atoms with van der Waals surface area (Å²) in [6, 6.07) is 11.1. The molecule has 6 heteroatoms. The SMILES string of the molecule is Cc1ccc(Sc2ncccc2C(=O)N2CCCC[C@@H]2C(N)=O)cc1. The van der Waals surface area contributed by atoms with Gasteiger partial charge in [0, 0.05) is 17.6 Å². The first kappa shape index (κ1) is 17.5. The lowest BCUT2D eigenvalue weighted by Gasteiger charge is -2.33. The van der Waals surface area contributed by atoms with Gasteiger partial charge in [0.1, 0.15) is 11.1 Å². The maximum atomic E-state index is 13.0. The first-order chi connectivity index (χ1) is 12.1. The maximum absolute atomic E-state index is 13.0. The van der Waals surface area contributed by atoms with Crippen molar-refractivity contribution >= 4 is 23.6 Å². The summed E-state index contributed by atoms with van der Waals surface area (Å²) in [5.74, 6) is -0.615. The standard InChI is InChI=1S/C19H21N3O2S/c1-13-7-9-14(10-8-13)25-18-15(5-4-11-21-18)19(24)22-12-3-2-6-16(22)17(20)23/h4-5,7-11,16H,2-3,6,12H2,1H3,(H2,20,23)/t16-/m1/s1. The van der Waals surface area contributed by atoms with Crippen molar-refractivity contribution in [1.29, 1.82) is 0 Å². The minimum atomic E-state index is -0.529. The Morgan fingerprint density at radius 1 is 1.20 bits per heavy atom. The molecular formula is C19H21N3O2S. The minimum absolute atomic E-state index is 0.175. The van der Waals surface area contributed by atoms with Gasteiger partial charge in [0.2, 0.25) is 5.91 Å². The molecule has 1 aromatic carbocycles. The van der Waals surface area contributed by atoms with Crippen LogP contribution in [0.2, 0.25) is 0 Å². The molecule has 0 bridgehead atoms. The van der Waals surface area contributed by atoms with E-state index in [0.29, 0.717) is 23.6 Å². The number of likely N-dealkylation sites (tertiary alicyclic amines) is 1. The predicted octanol–water partition coefficient (Wildman–Crippen LogP) is 3.02. The fraction of sp³-hybridized carbons (Fsp3) is 0.316. The van der Waals surface area contributed by atoms with Crippen LogP contribution in [0.4, 0.5) is 0 Å². The van der Waals surface area contributed by atoms with Gasteiger partial charge in [-0.25, -0.2) is 4.98 Å². The second-order valence-electron chi connectivity index (χ2n) is 6.18. The number of amides is 2. The highest BCUT2D eigenvalue weighted by Crippen LogP contribution is 2.30. The summed E-state index contributed by atoms with van der Waals surface area (Å²) >= 11 is 1.45. The topological polar surface area (TPSA) is 76.3 Å². The molecule has 1 fully saturated rings. The molecule has 1 aromatic heterocycles. The Kier molecular flexibility index (Phi) is 5.38. The summed E-state index contributed by atoms with van der Waals surface area (Å²) in [4.78, 5) is 31.8. The number of primary amides is 1. The van der Waals surface area contributed by atoms with Crippen LogP contribution in [0.3, 0.4) is 0 Å². The average molecular weight is 355 g/mol. The monoisotopic (exact) mass is 355 g/mol. The molecule has 2 amide bonds. The Bertz CT molecular complexity index is 776. The van der Waals surface area contributed by atoms with Gasteiger partial charge in [0.05, 0.1) is 5.56 Å². The van der Waals surface area contributed by atoms with Crippen LogP contribution in [0.15, 0.2) is 52.5 Å². The summed E-state index contributed by atoms with van der Waals surface area (Å²) < 4.78 is 0. The lowest BCUT2D eigenvalue weighted by Crippen LogP contribution is -2.50. The van der Waals surface area contributed by atoms with Crippen molar-refractivity contribution < 1.29 is 9.59 Å². The molecule has 0 unspecified atom stereocenters. The van der Waals surface area contributed by atoms with Gasteiger partial charge in [0.15, 0.2) is 0 Å². The van der Waals surface area contributed by atoms with Crippen LogP contribution in [0.25, 0.3) is 0 Å². The molecule has 0 saturated carbocycles. The number of hydrogen-bond acceptors (Lipinski definition) is 4. The van der Waals surface area contributed by atoms with Crippen molar-refractivity contribution in [3.05, 3.63) is 53.7 Å². The summed E-state index contributed by atoms with van der Waals surface area (Å²) in [5, 5.41) is 0.644. The highest BCUT2D eigenvalue weighted by molar-refractivity contribution is 7.99. The fourth-order valence-electron chi connectivity index (χ4n) is 2.98. The molecule has 1 atom stereocenters. The van der Waals surface area contributed by atoms with Crippen LogP contribution in [0.1, 0.15) is 35.2 Å². The quantitative estimate of drug-likeness (QED) is 0.915. The van der Waals surface area contributed by atoms with E-state index in [0.717, 1.165) is 17.7 Å². The maximum Gasteiger partial charge on any atom is 0.257 e. The van der Waals surface area contributed by atoms with Crippen LogP contribution in [0, 0.1) is 6.92 Å². The van der Waals surface area contributed by atoms with E-state index in [2.05, 4.69) is 4.98 Å². The Morgan fingerprint density at radius 2 is 1.96 bits per heavy atom. The molecular weight excluding hydrogens is 334 g/mol. The number of nitrogens with zero attached hydrogens (tertiary/aromatic N) is 2. The van der Waals surface area contributed by atoms with Crippen LogP contribution in [0.5, 0.6) is 0 Å². The van der Waals surface area contributed by atoms with E-state index >= 15 is 0 Å².